The quantitative estimate of drug-likeness (QED) is 0.456. The molecule has 0 saturated heterocycles. The lowest BCUT2D eigenvalue weighted by Gasteiger charge is -2.21. The lowest BCUT2D eigenvalue weighted by atomic mass is 10.1. The molecule has 0 unspecified atom stereocenters. The van der Waals surface area contributed by atoms with Crippen LogP contribution in [0.5, 0.6) is 5.75 Å². The summed E-state index contributed by atoms with van der Waals surface area (Å²) in [6.45, 7) is -2.79. The maximum absolute atomic E-state index is 14.3. The number of carbonyl (C=O) groups excluding carboxylic acids is 1. The number of nitro benzene ring substituents is 1. The molecule has 156 valence electrons. The molecular weight excluding hydrogens is 393 g/mol. The number of hydrogen-bond donors (Lipinski definition) is 0. The molecule has 0 atom stereocenters. The third-order valence-electron chi connectivity index (χ3n) is 3.87. The summed E-state index contributed by atoms with van der Waals surface area (Å²) in [5, 5.41) is 11.0. The van der Waals surface area contributed by atoms with E-state index in [2.05, 4.69) is 0 Å². The van der Waals surface area contributed by atoms with E-state index < -0.39 is 47.7 Å². The summed E-state index contributed by atoms with van der Waals surface area (Å²) in [6.07, 6.45) is -2.35. The van der Waals surface area contributed by atoms with Gasteiger partial charge >= 0.3 is 6.09 Å². The second-order valence-electron chi connectivity index (χ2n) is 6.12. The number of non-ortho nitro benzene ring substituents is 1. The summed E-state index contributed by atoms with van der Waals surface area (Å²) in [6, 6.07) is 10.4. The number of amides is 1. The van der Waals surface area contributed by atoms with E-state index >= 15 is 0 Å². The van der Waals surface area contributed by atoms with E-state index in [1.165, 1.54) is 7.05 Å². The molecule has 0 aromatic heterocycles. The van der Waals surface area contributed by atoms with Crippen LogP contribution in [0.3, 0.4) is 0 Å². The molecule has 29 heavy (non-hydrogen) atoms. The van der Waals surface area contributed by atoms with E-state index in [-0.39, 0.29) is 18.7 Å². The van der Waals surface area contributed by atoms with Gasteiger partial charge in [0.1, 0.15) is 20.0 Å². The van der Waals surface area contributed by atoms with E-state index in [1.54, 1.807) is 30.3 Å². The standard InChI is InChI=1S/C19H19F3N2O5/c1-23(19(25)28-12-13-5-3-2-4-6-13)11-14-7-15(24(26)27)8-17(22)18(14)29-16(9-20)10-21/h2-8,16H,9-12H2,1H3. The fourth-order valence-electron chi connectivity index (χ4n) is 2.41. The summed E-state index contributed by atoms with van der Waals surface area (Å²) >= 11 is 0. The van der Waals surface area contributed by atoms with Crippen molar-refractivity contribution in [3.8, 4) is 5.75 Å². The minimum Gasteiger partial charge on any atom is -0.481 e. The molecule has 0 aliphatic carbocycles. The van der Waals surface area contributed by atoms with Gasteiger partial charge in [-0.05, 0) is 5.56 Å². The van der Waals surface area contributed by atoms with Crippen molar-refractivity contribution in [2.24, 2.45) is 0 Å². The number of rotatable bonds is 9. The molecule has 7 nitrogen and oxygen atoms in total. The Morgan fingerprint density at radius 3 is 2.45 bits per heavy atom. The largest absolute Gasteiger partial charge is 0.481 e. The third-order valence-corrected chi connectivity index (χ3v) is 3.87. The highest BCUT2D eigenvalue weighted by molar-refractivity contribution is 5.67. The van der Waals surface area contributed by atoms with Crippen LogP contribution in [0.25, 0.3) is 0 Å². The van der Waals surface area contributed by atoms with E-state index in [4.69, 9.17) is 9.47 Å². The summed E-state index contributed by atoms with van der Waals surface area (Å²) in [4.78, 5) is 23.4. The average Bonchev–Trinajstić information content (AvgIpc) is 2.72. The SMILES string of the molecule is CN(Cc1cc([N+](=O)[O-])cc(F)c1OC(CF)CF)C(=O)OCc1ccccc1. The molecule has 0 aliphatic rings. The molecule has 10 heteroatoms. The van der Waals surface area contributed by atoms with Gasteiger partial charge in [-0.2, -0.15) is 0 Å². The first-order chi connectivity index (χ1) is 13.8. The number of ether oxygens (including phenoxy) is 2. The van der Waals surface area contributed by atoms with Crippen LogP contribution in [-0.4, -0.2) is 42.4 Å². The molecule has 2 aromatic carbocycles. The number of nitrogens with zero attached hydrogens (tertiary/aromatic N) is 2. The summed E-state index contributed by atoms with van der Waals surface area (Å²) in [5.41, 5.74) is 0.0316. The Morgan fingerprint density at radius 2 is 1.86 bits per heavy atom. The molecular formula is C19H19F3N2O5. The van der Waals surface area contributed by atoms with E-state index in [9.17, 15) is 28.1 Å². The Hall–Kier alpha value is -3.30. The van der Waals surface area contributed by atoms with Crippen LogP contribution in [0.15, 0.2) is 42.5 Å². The van der Waals surface area contributed by atoms with Gasteiger partial charge in [-0.3, -0.25) is 10.1 Å². The van der Waals surface area contributed by atoms with Crippen molar-refractivity contribution in [3.05, 3.63) is 69.5 Å². The van der Waals surface area contributed by atoms with Crippen LogP contribution in [0.1, 0.15) is 11.1 Å². The van der Waals surface area contributed by atoms with Crippen molar-refractivity contribution in [2.75, 3.05) is 20.4 Å². The van der Waals surface area contributed by atoms with Gasteiger partial charge in [0.2, 0.25) is 0 Å². The van der Waals surface area contributed by atoms with Gasteiger partial charge in [0.15, 0.2) is 17.7 Å². The molecule has 2 aromatic rings. The molecule has 1 amide bonds. The van der Waals surface area contributed by atoms with E-state index in [0.29, 0.717) is 6.07 Å². The highest BCUT2D eigenvalue weighted by atomic mass is 19.1. The van der Waals surface area contributed by atoms with Crippen molar-refractivity contribution in [1.82, 2.24) is 4.90 Å². The number of carbonyl (C=O) groups is 1. The number of benzene rings is 2. The van der Waals surface area contributed by atoms with Gasteiger partial charge in [0.05, 0.1) is 17.5 Å². The Labute approximate surface area is 164 Å². The monoisotopic (exact) mass is 412 g/mol. The Balaban J connectivity index is 2.19. The molecule has 0 radical (unpaired) electrons. The van der Waals surface area contributed by atoms with Crippen LogP contribution in [-0.2, 0) is 17.9 Å². The smallest absolute Gasteiger partial charge is 0.410 e. The number of hydrogen-bond acceptors (Lipinski definition) is 5. The van der Waals surface area contributed by atoms with Crippen molar-refractivity contribution < 1.29 is 32.4 Å². The minimum atomic E-state index is -1.57. The lowest BCUT2D eigenvalue weighted by molar-refractivity contribution is -0.385. The second kappa shape index (κ2) is 10.3. The zero-order valence-electron chi connectivity index (χ0n) is 15.5. The first kappa shape index (κ1) is 22.0. The molecule has 0 heterocycles. The first-order valence-electron chi connectivity index (χ1n) is 8.53. The van der Waals surface area contributed by atoms with Gasteiger partial charge in [0.25, 0.3) is 5.69 Å². The fourth-order valence-corrected chi connectivity index (χ4v) is 2.41. The summed E-state index contributed by atoms with van der Waals surface area (Å²) in [7, 11) is 1.33. The minimum absolute atomic E-state index is 0.0115. The Kier molecular flexibility index (Phi) is 7.81. The Bertz CT molecular complexity index is 847. The topological polar surface area (TPSA) is 81.9 Å². The predicted octanol–water partition coefficient (Wildman–Crippen LogP) is 4.19. The second-order valence-corrected chi connectivity index (χ2v) is 6.12. The molecule has 0 spiro atoms. The average molecular weight is 412 g/mol. The van der Waals surface area contributed by atoms with Gasteiger partial charge in [-0.1, -0.05) is 30.3 Å². The van der Waals surface area contributed by atoms with Gasteiger partial charge < -0.3 is 14.4 Å². The molecule has 0 bridgehead atoms. The highest BCUT2D eigenvalue weighted by Crippen LogP contribution is 2.30. The van der Waals surface area contributed by atoms with Gasteiger partial charge in [-0.15, -0.1) is 0 Å². The lowest BCUT2D eigenvalue weighted by Crippen LogP contribution is -2.28. The highest BCUT2D eigenvalue weighted by Gasteiger charge is 2.23. The van der Waals surface area contributed by atoms with Crippen LogP contribution in [0, 0.1) is 15.9 Å². The van der Waals surface area contributed by atoms with E-state index in [1.807, 2.05) is 0 Å². The van der Waals surface area contributed by atoms with Crippen LogP contribution >= 0.6 is 0 Å². The summed E-state index contributed by atoms with van der Waals surface area (Å²) < 4.78 is 50.0. The molecule has 0 N–H and O–H groups in total. The molecule has 0 aliphatic heterocycles. The number of nitro groups is 1. The maximum atomic E-state index is 14.3. The van der Waals surface area contributed by atoms with Crippen molar-refractivity contribution in [3.63, 3.8) is 0 Å². The van der Waals surface area contributed by atoms with Crippen molar-refractivity contribution >= 4 is 11.8 Å². The third kappa shape index (κ3) is 6.09. The zero-order chi connectivity index (χ0) is 21.4. The summed E-state index contributed by atoms with van der Waals surface area (Å²) in [5.74, 6) is -1.72. The molecule has 0 saturated carbocycles. The van der Waals surface area contributed by atoms with Crippen molar-refractivity contribution in [2.45, 2.75) is 19.3 Å². The van der Waals surface area contributed by atoms with Crippen LogP contribution in [0.4, 0.5) is 23.7 Å². The number of alkyl halides is 2. The zero-order valence-corrected chi connectivity index (χ0v) is 15.5. The Morgan fingerprint density at radius 1 is 1.21 bits per heavy atom. The van der Waals surface area contributed by atoms with Gasteiger partial charge in [-0.25, -0.2) is 18.0 Å². The predicted molar refractivity (Wildman–Crippen MR) is 97.5 cm³/mol. The van der Waals surface area contributed by atoms with Crippen molar-refractivity contribution in [1.29, 1.82) is 0 Å². The normalized spacial score (nSPS) is 10.7. The number of halogens is 3. The van der Waals surface area contributed by atoms with Crippen LogP contribution < -0.4 is 4.74 Å². The molecule has 0 fully saturated rings. The van der Waals surface area contributed by atoms with Crippen LogP contribution in [0.2, 0.25) is 0 Å². The van der Waals surface area contributed by atoms with Gasteiger partial charge in [0, 0.05) is 18.7 Å². The fraction of sp³-hybridized carbons (Fsp3) is 0.316. The molecule has 2 rings (SSSR count). The maximum Gasteiger partial charge on any atom is 0.410 e. The first-order valence-corrected chi connectivity index (χ1v) is 8.53. The van der Waals surface area contributed by atoms with E-state index in [0.717, 1.165) is 16.5 Å².